The maximum Gasteiger partial charge on any atom is 0.154 e. The predicted octanol–water partition coefficient (Wildman–Crippen LogP) is 3.93. The van der Waals surface area contributed by atoms with Crippen LogP contribution in [0.5, 0.6) is 0 Å². The fourth-order valence-corrected chi connectivity index (χ4v) is 3.02. The van der Waals surface area contributed by atoms with Crippen LogP contribution >= 0.6 is 0 Å². The molecule has 2 atom stereocenters. The molecule has 1 aliphatic rings. The molecule has 22 heavy (non-hydrogen) atoms. The molecule has 4 heteroatoms. The zero-order chi connectivity index (χ0) is 16.1. The predicted molar refractivity (Wildman–Crippen MR) is 91.2 cm³/mol. The van der Waals surface area contributed by atoms with Gasteiger partial charge in [-0.3, -0.25) is 0 Å². The van der Waals surface area contributed by atoms with E-state index in [1.807, 2.05) is 5.06 Å². The summed E-state index contributed by atoms with van der Waals surface area (Å²) >= 11 is 0. The zero-order valence-corrected chi connectivity index (χ0v) is 14.2. The van der Waals surface area contributed by atoms with E-state index in [-0.39, 0.29) is 12.3 Å². The van der Waals surface area contributed by atoms with Gasteiger partial charge in [0, 0.05) is 6.54 Å². The lowest BCUT2D eigenvalue weighted by Crippen LogP contribution is -2.50. The average molecular weight is 304 g/mol. The number of fused-ring (bicyclic) bond motifs is 1. The van der Waals surface area contributed by atoms with Gasteiger partial charge in [0.2, 0.25) is 0 Å². The van der Waals surface area contributed by atoms with Crippen molar-refractivity contribution in [2.45, 2.75) is 65.6 Å². The Morgan fingerprint density at radius 1 is 1.23 bits per heavy atom. The number of carbonyl (C=O) groups is 1. The standard InChI is InChI=1S/C18H28N2O2/c1-5-8-16(13-21)20-17-10-9-15(7-3)12-18(17)19(11-6-2)14(4)22-20/h9-10,12-14,16H,5-8,11H2,1-4H3. The number of aldehydes is 1. The summed E-state index contributed by atoms with van der Waals surface area (Å²) in [6.07, 6.45) is 4.78. The van der Waals surface area contributed by atoms with Crippen molar-refractivity contribution in [2.24, 2.45) is 0 Å². The first-order valence-electron chi connectivity index (χ1n) is 8.47. The van der Waals surface area contributed by atoms with Gasteiger partial charge in [0.15, 0.2) is 6.23 Å². The lowest BCUT2D eigenvalue weighted by molar-refractivity contribution is -0.112. The van der Waals surface area contributed by atoms with Crippen LogP contribution in [0.2, 0.25) is 0 Å². The third kappa shape index (κ3) is 3.27. The monoisotopic (exact) mass is 304 g/mol. The Morgan fingerprint density at radius 2 is 2.00 bits per heavy atom. The van der Waals surface area contributed by atoms with E-state index in [9.17, 15) is 4.79 Å². The molecule has 1 aromatic carbocycles. The second-order valence-corrected chi connectivity index (χ2v) is 5.89. The van der Waals surface area contributed by atoms with E-state index in [0.717, 1.165) is 44.2 Å². The number of nitrogens with zero attached hydrogens (tertiary/aromatic N) is 2. The van der Waals surface area contributed by atoms with Crippen molar-refractivity contribution in [1.82, 2.24) is 0 Å². The number of hydroxylamine groups is 1. The molecule has 2 unspecified atom stereocenters. The van der Waals surface area contributed by atoms with Gasteiger partial charge >= 0.3 is 0 Å². The molecule has 0 spiro atoms. The molecule has 122 valence electrons. The van der Waals surface area contributed by atoms with Crippen LogP contribution in [0.1, 0.15) is 52.5 Å². The van der Waals surface area contributed by atoms with Crippen LogP contribution in [0.3, 0.4) is 0 Å². The first kappa shape index (κ1) is 16.8. The number of anilines is 2. The molecule has 4 nitrogen and oxygen atoms in total. The molecule has 0 amide bonds. The minimum absolute atomic E-state index is 0.0566. The van der Waals surface area contributed by atoms with Gasteiger partial charge < -0.3 is 9.69 Å². The Hall–Kier alpha value is -1.55. The first-order valence-corrected chi connectivity index (χ1v) is 8.47. The van der Waals surface area contributed by atoms with Gasteiger partial charge in [-0.2, -0.15) is 0 Å². The number of hydrogen-bond acceptors (Lipinski definition) is 4. The molecule has 1 aromatic rings. The van der Waals surface area contributed by atoms with Crippen LogP contribution in [0.4, 0.5) is 11.4 Å². The third-order valence-electron chi connectivity index (χ3n) is 4.21. The second-order valence-electron chi connectivity index (χ2n) is 5.89. The summed E-state index contributed by atoms with van der Waals surface area (Å²) in [4.78, 5) is 19.9. The van der Waals surface area contributed by atoms with E-state index in [0.29, 0.717) is 0 Å². The Bertz CT molecular complexity index is 504. The molecule has 0 aromatic heterocycles. The van der Waals surface area contributed by atoms with E-state index in [1.165, 1.54) is 11.3 Å². The normalized spacial score (nSPS) is 19.0. The van der Waals surface area contributed by atoms with E-state index >= 15 is 0 Å². The number of hydrogen-bond donors (Lipinski definition) is 0. The second kappa shape index (κ2) is 7.63. The van der Waals surface area contributed by atoms with Crippen molar-refractivity contribution in [3.63, 3.8) is 0 Å². The van der Waals surface area contributed by atoms with Gasteiger partial charge in [0.1, 0.15) is 12.3 Å². The number of carbonyl (C=O) groups excluding carboxylic acids is 1. The molecule has 0 saturated carbocycles. The van der Waals surface area contributed by atoms with Crippen LogP contribution in [-0.2, 0) is 16.1 Å². The summed E-state index contributed by atoms with van der Waals surface area (Å²) in [5.74, 6) is 0. The Balaban J connectivity index is 2.44. The van der Waals surface area contributed by atoms with Crippen LogP contribution in [-0.4, -0.2) is 25.1 Å². The molecule has 1 aliphatic heterocycles. The maximum atomic E-state index is 11.5. The highest BCUT2D eigenvalue weighted by atomic mass is 16.7. The summed E-state index contributed by atoms with van der Waals surface area (Å²) in [6.45, 7) is 9.44. The van der Waals surface area contributed by atoms with Gasteiger partial charge in [0.25, 0.3) is 0 Å². The number of benzene rings is 1. The number of rotatable bonds is 7. The quantitative estimate of drug-likeness (QED) is 0.715. The van der Waals surface area contributed by atoms with E-state index in [2.05, 4.69) is 50.8 Å². The van der Waals surface area contributed by atoms with Crippen LogP contribution in [0.15, 0.2) is 18.2 Å². The van der Waals surface area contributed by atoms with E-state index in [1.54, 1.807) is 0 Å². The van der Waals surface area contributed by atoms with Crippen molar-refractivity contribution in [3.8, 4) is 0 Å². The average Bonchev–Trinajstić information content (AvgIpc) is 2.54. The molecule has 0 fully saturated rings. The van der Waals surface area contributed by atoms with Gasteiger partial charge in [-0.05, 0) is 43.9 Å². The first-order chi connectivity index (χ1) is 10.7. The molecular formula is C18H28N2O2. The van der Waals surface area contributed by atoms with E-state index in [4.69, 9.17) is 4.84 Å². The van der Waals surface area contributed by atoms with Crippen LogP contribution in [0, 0.1) is 0 Å². The highest BCUT2D eigenvalue weighted by Gasteiger charge is 2.32. The molecule has 0 bridgehead atoms. The molecule has 0 N–H and O–H groups in total. The Labute approximate surface area is 134 Å². The van der Waals surface area contributed by atoms with Crippen molar-refractivity contribution < 1.29 is 9.63 Å². The SMILES string of the molecule is CCCC(C=O)N1OC(C)N(CCC)c2cc(CC)ccc21. The molecule has 2 rings (SSSR count). The van der Waals surface area contributed by atoms with Crippen molar-refractivity contribution >= 4 is 17.7 Å². The zero-order valence-electron chi connectivity index (χ0n) is 14.2. The van der Waals surface area contributed by atoms with Gasteiger partial charge in [-0.25, -0.2) is 9.90 Å². The summed E-state index contributed by atoms with van der Waals surface area (Å²) in [7, 11) is 0. The summed E-state index contributed by atoms with van der Waals surface area (Å²) in [5.41, 5.74) is 3.50. The molecule has 0 radical (unpaired) electrons. The lowest BCUT2D eigenvalue weighted by Gasteiger charge is -2.44. The van der Waals surface area contributed by atoms with Gasteiger partial charge in [0.05, 0.1) is 11.4 Å². The third-order valence-corrected chi connectivity index (χ3v) is 4.21. The summed E-state index contributed by atoms with van der Waals surface area (Å²) in [6, 6.07) is 6.24. The highest BCUT2D eigenvalue weighted by molar-refractivity contribution is 5.77. The van der Waals surface area contributed by atoms with Crippen molar-refractivity contribution in [1.29, 1.82) is 0 Å². The Morgan fingerprint density at radius 3 is 2.59 bits per heavy atom. The van der Waals surface area contributed by atoms with Gasteiger partial charge in [-0.15, -0.1) is 0 Å². The minimum Gasteiger partial charge on any atom is -0.343 e. The van der Waals surface area contributed by atoms with Crippen molar-refractivity contribution in [2.75, 3.05) is 16.5 Å². The van der Waals surface area contributed by atoms with Crippen LogP contribution < -0.4 is 9.96 Å². The fraction of sp³-hybridized carbons (Fsp3) is 0.611. The topological polar surface area (TPSA) is 32.8 Å². The van der Waals surface area contributed by atoms with Gasteiger partial charge in [-0.1, -0.05) is 33.3 Å². The highest BCUT2D eigenvalue weighted by Crippen LogP contribution is 2.38. The fourth-order valence-electron chi connectivity index (χ4n) is 3.02. The number of aryl methyl sites for hydroxylation is 1. The van der Waals surface area contributed by atoms with E-state index < -0.39 is 0 Å². The molecule has 1 heterocycles. The van der Waals surface area contributed by atoms with Crippen molar-refractivity contribution in [3.05, 3.63) is 23.8 Å². The summed E-state index contributed by atoms with van der Waals surface area (Å²) in [5, 5.41) is 1.82. The van der Waals surface area contributed by atoms with Crippen LogP contribution in [0.25, 0.3) is 0 Å². The molecule has 0 aliphatic carbocycles. The summed E-state index contributed by atoms with van der Waals surface area (Å²) < 4.78 is 0. The molecular weight excluding hydrogens is 276 g/mol. The smallest absolute Gasteiger partial charge is 0.154 e. The minimum atomic E-state index is -0.220. The maximum absolute atomic E-state index is 11.5. The molecule has 0 saturated heterocycles. The Kier molecular flexibility index (Phi) is 5.83. The lowest BCUT2D eigenvalue weighted by atomic mass is 10.1. The largest absolute Gasteiger partial charge is 0.343 e.